The number of hydrogen-bond donors (Lipinski definition) is 2. The predicted octanol–water partition coefficient (Wildman–Crippen LogP) is 3.74. The summed E-state index contributed by atoms with van der Waals surface area (Å²) in [7, 11) is 1.51. The van der Waals surface area contributed by atoms with Crippen molar-refractivity contribution >= 4 is 40.8 Å². The van der Waals surface area contributed by atoms with Crippen LogP contribution in [0.4, 0.5) is 11.4 Å². The molecule has 2 bridgehead atoms. The van der Waals surface area contributed by atoms with Crippen LogP contribution in [0.3, 0.4) is 0 Å². The predicted molar refractivity (Wildman–Crippen MR) is 114 cm³/mol. The average Bonchev–Trinajstić information content (AvgIpc) is 3.37. The molecule has 2 saturated carbocycles. The number of hydrogen-bond acceptors (Lipinski definition) is 5. The second kappa shape index (κ2) is 7.57. The van der Waals surface area contributed by atoms with Gasteiger partial charge in [-0.1, -0.05) is 17.7 Å². The molecule has 3 fully saturated rings. The summed E-state index contributed by atoms with van der Waals surface area (Å²) in [6.07, 6.45) is 1.61. The smallest absolute Gasteiger partial charge is 0.310 e. The van der Waals surface area contributed by atoms with Gasteiger partial charge in [0.2, 0.25) is 5.91 Å². The Hall–Kier alpha value is -3.06. The van der Waals surface area contributed by atoms with Crippen LogP contribution in [-0.4, -0.2) is 31.0 Å². The molecule has 2 aromatic carbocycles. The number of methoxy groups -OCH3 is 1. The van der Waals surface area contributed by atoms with Crippen LogP contribution in [0.2, 0.25) is 5.02 Å². The minimum Gasteiger partial charge on any atom is -0.495 e. The van der Waals surface area contributed by atoms with E-state index < -0.39 is 0 Å². The highest BCUT2D eigenvalue weighted by atomic mass is 35.5. The highest BCUT2D eigenvalue weighted by Gasteiger charge is 2.63. The number of anilines is 2. The first kappa shape index (κ1) is 19.9. The molecular weight excluding hydrogens is 420 g/mol. The van der Waals surface area contributed by atoms with Crippen LogP contribution < -0.4 is 15.4 Å². The third kappa shape index (κ3) is 3.43. The summed E-state index contributed by atoms with van der Waals surface area (Å²) in [6.45, 7) is 0. The number of amides is 2. The zero-order chi connectivity index (χ0) is 21.7. The van der Waals surface area contributed by atoms with Crippen LogP contribution in [0.15, 0.2) is 42.5 Å². The number of fused-ring (bicyclic) bond motifs is 1. The summed E-state index contributed by atoms with van der Waals surface area (Å²) in [5, 5.41) is 6.14. The first-order valence-electron chi connectivity index (χ1n) is 10.2. The van der Waals surface area contributed by atoms with E-state index in [-0.39, 0.29) is 47.6 Å². The molecule has 2 aliphatic carbocycles. The molecule has 2 amide bonds. The summed E-state index contributed by atoms with van der Waals surface area (Å²) in [5.74, 6) is -0.692. The minimum atomic E-state index is -0.371. The van der Waals surface area contributed by atoms with Crippen LogP contribution >= 0.6 is 11.6 Å². The Labute approximate surface area is 184 Å². The monoisotopic (exact) mass is 440 g/mol. The van der Waals surface area contributed by atoms with Crippen molar-refractivity contribution in [2.45, 2.75) is 18.9 Å². The maximum Gasteiger partial charge on any atom is 0.310 e. The van der Waals surface area contributed by atoms with E-state index in [4.69, 9.17) is 21.1 Å². The van der Waals surface area contributed by atoms with Crippen molar-refractivity contribution in [2.75, 3.05) is 17.7 Å². The topological polar surface area (TPSA) is 93.7 Å². The van der Waals surface area contributed by atoms with E-state index in [2.05, 4.69) is 10.6 Å². The lowest BCUT2D eigenvalue weighted by Crippen LogP contribution is -2.35. The average molecular weight is 441 g/mol. The number of benzene rings is 2. The first-order valence-corrected chi connectivity index (χ1v) is 10.6. The number of nitrogens with one attached hydrogen (secondary N) is 2. The largest absolute Gasteiger partial charge is 0.495 e. The van der Waals surface area contributed by atoms with Gasteiger partial charge in [0.25, 0.3) is 5.91 Å². The van der Waals surface area contributed by atoms with Crippen molar-refractivity contribution in [3.63, 3.8) is 0 Å². The highest BCUT2D eigenvalue weighted by Crippen LogP contribution is 2.57. The normalized spacial score (nSPS) is 27.7. The van der Waals surface area contributed by atoms with E-state index in [1.165, 1.54) is 7.11 Å². The van der Waals surface area contributed by atoms with E-state index >= 15 is 0 Å². The van der Waals surface area contributed by atoms with Crippen molar-refractivity contribution in [3.8, 4) is 5.75 Å². The van der Waals surface area contributed by atoms with Gasteiger partial charge in [-0.2, -0.15) is 0 Å². The minimum absolute atomic E-state index is 0.0120. The lowest BCUT2D eigenvalue weighted by molar-refractivity contribution is -0.145. The van der Waals surface area contributed by atoms with Gasteiger partial charge >= 0.3 is 5.97 Å². The van der Waals surface area contributed by atoms with Gasteiger partial charge in [-0.3, -0.25) is 14.4 Å². The molecule has 1 saturated heterocycles. The number of carbonyl (C=O) groups excluding carboxylic acids is 3. The van der Waals surface area contributed by atoms with Crippen molar-refractivity contribution in [3.05, 3.63) is 53.1 Å². The second-order valence-corrected chi connectivity index (χ2v) is 8.73. The third-order valence-corrected chi connectivity index (χ3v) is 6.82. The molecule has 160 valence electrons. The fraction of sp³-hybridized carbons (Fsp3) is 0.348. The summed E-state index contributed by atoms with van der Waals surface area (Å²) in [6, 6.07) is 11.6. The molecule has 2 N–H and O–H groups in total. The Morgan fingerprint density at radius 2 is 1.97 bits per heavy atom. The quantitative estimate of drug-likeness (QED) is 0.691. The van der Waals surface area contributed by atoms with E-state index in [0.717, 1.165) is 12.8 Å². The number of halogens is 1. The summed E-state index contributed by atoms with van der Waals surface area (Å²) in [4.78, 5) is 37.9. The molecule has 1 aliphatic heterocycles. The first-order chi connectivity index (χ1) is 14.9. The van der Waals surface area contributed by atoms with Crippen LogP contribution in [0.1, 0.15) is 23.2 Å². The molecule has 0 unspecified atom stereocenters. The van der Waals surface area contributed by atoms with E-state index in [9.17, 15) is 14.4 Å². The molecule has 0 radical (unpaired) electrons. The molecular formula is C23H21ClN2O5. The number of esters is 1. The van der Waals surface area contributed by atoms with Crippen molar-refractivity contribution < 1.29 is 23.9 Å². The third-order valence-electron chi connectivity index (χ3n) is 6.59. The van der Waals surface area contributed by atoms with Crippen molar-refractivity contribution in [1.29, 1.82) is 0 Å². The van der Waals surface area contributed by atoms with Gasteiger partial charge in [-0.05, 0) is 55.2 Å². The van der Waals surface area contributed by atoms with Crippen molar-refractivity contribution in [2.24, 2.45) is 23.7 Å². The van der Waals surface area contributed by atoms with Gasteiger partial charge in [0, 0.05) is 22.2 Å². The molecule has 5 atom stereocenters. The molecule has 3 aliphatic rings. The lowest BCUT2D eigenvalue weighted by atomic mass is 9.79. The van der Waals surface area contributed by atoms with Gasteiger partial charge < -0.3 is 20.1 Å². The van der Waals surface area contributed by atoms with Gasteiger partial charge in [0.15, 0.2) is 0 Å². The van der Waals surface area contributed by atoms with E-state index in [1.54, 1.807) is 42.5 Å². The Morgan fingerprint density at radius 3 is 2.77 bits per heavy atom. The fourth-order valence-electron chi connectivity index (χ4n) is 5.30. The van der Waals surface area contributed by atoms with Gasteiger partial charge in [-0.25, -0.2) is 0 Å². The molecule has 2 aromatic rings. The van der Waals surface area contributed by atoms with E-state index in [1.807, 2.05) is 0 Å². The van der Waals surface area contributed by atoms with Crippen LogP contribution in [0.5, 0.6) is 5.75 Å². The Bertz CT molecular complexity index is 1090. The standard InChI is InChI=1S/C23H21ClN2O5/c1-30-17-6-5-13(24)10-16(17)26-21(27)11-3-2-4-14(7-11)25-22(28)19-12-8-15-18(9-12)31-23(29)20(15)19/h2-7,10,12,15,18-20H,8-9H2,1H3,(H,25,28)(H,26,27)/t12-,15-,18+,19+,20-/m1/s1. The van der Waals surface area contributed by atoms with Crippen molar-refractivity contribution in [1.82, 2.24) is 0 Å². The number of ether oxygens (including phenoxy) is 2. The Kier molecular flexibility index (Phi) is 4.85. The zero-order valence-electron chi connectivity index (χ0n) is 16.8. The fourth-order valence-corrected chi connectivity index (χ4v) is 5.47. The molecule has 8 heteroatoms. The van der Waals surface area contributed by atoms with Gasteiger partial charge in [0.1, 0.15) is 11.9 Å². The summed E-state index contributed by atoms with van der Waals surface area (Å²) < 4.78 is 10.7. The van der Waals surface area contributed by atoms with Crippen LogP contribution in [0.25, 0.3) is 0 Å². The highest BCUT2D eigenvalue weighted by molar-refractivity contribution is 6.31. The van der Waals surface area contributed by atoms with Gasteiger partial charge in [0.05, 0.1) is 24.6 Å². The maximum absolute atomic E-state index is 13.0. The molecule has 7 nitrogen and oxygen atoms in total. The SMILES string of the molecule is COc1ccc(Cl)cc1NC(=O)c1cccc(NC(=O)[C@H]2[C@@H]3C[C@H]4[C@H]2C(=O)O[C@H]4C3)c1. The molecule has 0 spiro atoms. The second-order valence-electron chi connectivity index (χ2n) is 8.29. The van der Waals surface area contributed by atoms with Crippen LogP contribution in [-0.2, 0) is 14.3 Å². The molecule has 31 heavy (non-hydrogen) atoms. The maximum atomic E-state index is 13.0. The summed E-state index contributed by atoms with van der Waals surface area (Å²) >= 11 is 6.02. The number of rotatable bonds is 5. The van der Waals surface area contributed by atoms with Crippen LogP contribution in [0, 0.1) is 23.7 Å². The molecule has 5 rings (SSSR count). The number of carbonyl (C=O) groups is 3. The lowest BCUT2D eigenvalue weighted by Gasteiger charge is -2.23. The summed E-state index contributed by atoms with van der Waals surface area (Å²) in [5.41, 5.74) is 1.32. The molecule has 0 aromatic heterocycles. The Balaban J connectivity index is 1.31. The zero-order valence-corrected chi connectivity index (χ0v) is 17.5. The van der Waals surface area contributed by atoms with Gasteiger partial charge in [-0.15, -0.1) is 0 Å². The molecule has 1 heterocycles. The van der Waals surface area contributed by atoms with E-state index in [0.29, 0.717) is 27.7 Å². The Morgan fingerprint density at radius 1 is 1.13 bits per heavy atom.